The van der Waals surface area contributed by atoms with Crippen LogP contribution in [0.1, 0.15) is 25.7 Å². The van der Waals surface area contributed by atoms with Crippen LogP contribution in [0.4, 0.5) is 0 Å². The number of aliphatic hydroxyl groups excluding tert-OH is 1. The van der Waals surface area contributed by atoms with E-state index in [9.17, 15) is 14.7 Å². The summed E-state index contributed by atoms with van der Waals surface area (Å²) in [6, 6.07) is 0. The number of rotatable bonds is 4. The van der Waals surface area contributed by atoms with Crippen LogP contribution in [-0.4, -0.2) is 60.0 Å². The number of hydrogen-bond donors (Lipinski definition) is 1. The molecule has 0 atom stereocenters. The van der Waals surface area contributed by atoms with Gasteiger partial charge in [0.25, 0.3) is 0 Å². The second-order valence-corrected chi connectivity index (χ2v) is 5.19. The van der Waals surface area contributed by atoms with Crippen molar-refractivity contribution in [2.75, 3.05) is 33.3 Å². The highest BCUT2D eigenvalue weighted by atomic mass is 16.3. The lowest BCUT2D eigenvalue weighted by molar-refractivity contribution is -0.143. The first-order valence-corrected chi connectivity index (χ1v) is 6.23. The normalized spacial score (nSPS) is 21.4. The summed E-state index contributed by atoms with van der Waals surface area (Å²) in [4.78, 5) is 27.1. The average Bonchev–Trinajstić information content (AvgIpc) is 2.93. The Hall–Kier alpha value is -1.10. The molecule has 96 valence electrons. The van der Waals surface area contributed by atoms with E-state index >= 15 is 0 Å². The van der Waals surface area contributed by atoms with Crippen LogP contribution in [0.25, 0.3) is 0 Å². The van der Waals surface area contributed by atoms with Crippen LogP contribution < -0.4 is 0 Å². The number of amides is 2. The highest BCUT2D eigenvalue weighted by molar-refractivity contribution is 5.89. The smallest absolute Gasteiger partial charge is 0.242 e. The van der Waals surface area contributed by atoms with Gasteiger partial charge in [-0.15, -0.1) is 0 Å². The topological polar surface area (TPSA) is 60.9 Å². The molecule has 17 heavy (non-hydrogen) atoms. The number of nitrogens with zero attached hydrogens (tertiary/aromatic N) is 2. The maximum absolute atomic E-state index is 12.0. The number of hydrogen-bond acceptors (Lipinski definition) is 3. The molecule has 0 unspecified atom stereocenters. The monoisotopic (exact) mass is 240 g/mol. The van der Waals surface area contributed by atoms with Crippen LogP contribution in [0.3, 0.4) is 0 Å². The Morgan fingerprint density at radius 3 is 2.35 bits per heavy atom. The summed E-state index contributed by atoms with van der Waals surface area (Å²) in [7, 11) is 1.64. The highest BCUT2D eigenvalue weighted by Gasteiger charge is 2.50. The predicted molar refractivity (Wildman–Crippen MR) is 62.2 cm³/mol. The molecule has 1 saturated carbocycles. The van der Waals surface area contributed by atoms with Gasteiger partial charge in [0.05, 0.1) is 18.6 Å². The van der Waals surface area contributed by atoms with Crippen molar-refractivity contribution in [2.24, 2.45) is 5.41 Å². The largest absolute Gasteiger partial charge is 0.395 e. The Balaban J connectivity index is 1.86. The van der Waals surface area contributed by atoms with E-state index in [1.807, 2.05) is 4.90 Å². The third kappa shape index (κ3) is 2.44. The maximum Gasteiger partial charge on any atom is 0.242 e. The lowest BCUT2D eigenvalue weighted by atomic mass is 10.1. The van der Waals surface area contributed by atoms with Gasteiger partial charge in [-0.2, -0.15) is 0 Å². The van der Waals surface area contributed by atoms with Gasteiger partial charge in [0.15, 0.2) is 0 Å². The highest BCUT2D eigenvalue weighted by Crippen LogP contribution is 2.46. The number of carbonyl (C=O) groups excluding carboxylic acids is 2. The Bertz CT molecular complexity index is 320. The van der Waals surface area contributed by atoms with E-state index in [1.54, 1.807) is 7.05 Å². The Labute approximate surface area is 101 Å². The molecule has 0 spiro atoms. The van der Waals surface area contributed by atoms with Crippen molar-refractivity contribution in [3.8, 4) is 0 Å². The van der Waals surface area contributed by atoms with E-state index in [-0.39, 0.29) is 25.0 Å². The molecule has 1 saturated heterocycles. The first kappa shape index (κ1) is 12.4. The van der Waals surface area contributed by atoms with Crippen molar-refractivity contribution >= 4 is 11.8 Å². The minimum atomic E-state index is -0.569. The molecule has 1 aliphatic carbocycles. The van der Waals surface area contributed by atoms with Crippen molar-refractivity contribution in [3.63, 3.8) is 0 Å². The van der Waals surface area contributed by atoms with E-state index in [4.69, 9.17) is 0 Å². The zero-order valence-corrected chi connectivity index (χ0v) is 10.3. The number of likely N-dealkylation sites (N-methyl/N-ethyl adjacent to an activating group) is 1. The van der Waals surface area contributed by atoms with Crippen LogP contribution >= 0.6 is 0 Å². The standard InChI is InChI=1S/C12H20N2O3/c1-13(11(17)12(9-15)4-5-12)8-10(16)14-6-2-3-7-14/h15H,2-9H2,1H3. The van der Waals surface area contributed by atoms with Gasteiger partial charge >= 0.3 is 0 Å². The van der Waals surface area contributed by atoms with Crippen molar-refractivity contribution in [3.05, 3.63) is 0 Å². The minimum absolute atomic E-state index is 0.0205. The van der Waals surface area contributed by atoms with Crippen LogP contribution in [0.5, 0.6) is 0 Å². The molecule has 5 nitrogen and oxygen atoms in total. The number of carbonyl (C=O) groups is 2. The van der Waals surface area contributed by atoms with E-state index in [2.05, 4.69) is 0 Å². The number of likely N-dealkylation sites (tertiary alicyclic amines) is 1. The summed E-state index contributed by atoms with van der Waals surface area (Å²) in [5.41, 5.74) is -0.569. The summed E-state index contributed by atoms with van der Waals surface area (Å²) >= 11 is 0. The van der Waals surface area contributed by atoms with Crippen molar-refractivity contribution in [1.82, 2.24) is 9.80 Å². The van der Waals surface area contributed by atoms with E-state index in [0.29, 0.717) is 0 Å². The van der Waals surface area contributed by atoms with Crippen molar-refractivity contribution in [1.29, 1.82) is 0 Å². The van der Waals surface area contributed by atoms with Crippen molar-refractivity contribution in [2.45, 2.75) is 25.7 Å². The van der Waals surface area contributed by atoms with Gasteiger partial charge in [-0.3, -0.25) is 9.59 Å². The zero-order chi connectivity index (χ0) is 12.5. The molecular formula is C12H20N2O3. The van der Waals surface area contributed by atoms with Gasteiger partial charge in [-0.25, -0.2) is 0 Å². The molecule has 1 aliphatic heterocycles. The fourth-order valence-electron chi connectivity index (χ4n) is 2.34. The Morgan fingerprint density at radius 1 is 1.29 bits per heavy atom. The molecule has 1 heterocycles. The van der Waals surface area contributed by atoms with E-state index in [1.165, 1.54) is 4.90 Å². The summed E-state index contributed by atoms with van der Waals surface area (Å²) in [6.45, 7) is 1.66. The van der Waals surface area contributed by atoms with Gasteiger partial charge in [0.1, 0.15) is 0 Å². The fourth-order valence-corrected chi connectivity index (χ4v) is 2.34. The number of aliphatic hydroxyl groups is 1. The molecule has 0 radical (unpaired) electrons. The van der Waals surface area contributed by atoms with Crippen LogP contribution in [0.15, 0.2) is 0 Å². The van der Waals surface area contributed by atoms with Crippen LogP contribution in [-0.2, 0) is 9.59 Å². The molecule has 5 heteroatoms. The molecule has 2 aliphatic rings. The van der Waals surface area contributed by atoms with Crippen LogP contribution in [0, 0.1) is 5.41 Å². The Morgan fingerprint density at radius 2 is 1.88 bits per heavy atom. The zero-order valence-electron chi connectivity index (χ0n) is 10.3. The lowest BCUT2D eigenvalue weighted by Crippen LogP contribution is -2.43. The van der Waals surface area contributed by atoms with Gasteiger partial charge in [-0.1, -0.05) is 0 Å². The lowest BCUT2D eigenvalue weighted by Gasteiger charge is -2.24. The van der Waals surface area contributed by atoms with Gasteiger partial charge in [-0.05, 0) is 25.7 Å². The second-order valence-electron chi connectivity index (χ2n) is 5.19. The molecule has 2 rings (SSSR count). The third-order valence-electron chi connectivity index (χ3n) is 3.79. The average molecular weight is 240 g/mol. The third-order valence-corrected chi connectivity index (χ3v) is 3.79. The van der Waals surface area contributed by atoms with Crippen LogP contribution in [0.2, 0.25) is 0 Å². The minimum Gasteiger partial charge on any atom is -0.395 e. The molecule has 0 aromatic carbocycles. The molecule has 0 aromatic heterocycles. The quantitative estimate of drug-likeness (QED) is 0.743. The molecule has 2 fully saturated rings. The molecule has 1 N–H and O–H groups in total. The second kappa shape index (κ2) is 4.64. The van der Waals surface area contributed by atoms with Crippen molar-refractivity contribution < 1.29 is 14.7 Å². The maximum atomic E-state index is 12.0. The molecular weight excluding hydrogens is 220 g/mol. The summed E-state index contributed by atoms with van der Waals surface area (Å²) in [6.07, 6.45) is 3.60. The SMILES string of the molecule is CN(CC(=O)N1CCCC1)C(=O)C1(CO)CC1. The van der Waals surface area contributed by atoms with Gasteiger partial charge in [0.2, 0.25) is 11.8 Å². The molecule has 0 bridgehead atoms. The van der Waals surface area contributed by atoms with Gasteiger partial charge < -0.3 is 14.9 Å². The summed E-state index contributed by atoms with van der Waals surface area (Å²) in [5.74, 6) is -0.0698. The first-order valence-electron chi connectivity index (χ1n) is 6.23. The molecule has 0 aromatic rings. The fraction of sp³-hybridized carbons (Fsp3) is 0.833. The Kier molecular flexibility index (Phi) is 3.38. The predicted octanol–water partition coefficient (Wildman–Crippen LogP) is -0.160. The van der Waals surface area contributed by atoms with Gasteiger partial charge in [0, 0.05) is 20.1 Å². The summed E-state index contributed by atoms with van der Waals surface area (Å²) < 4.78 is 0. The van der Waals surface area contributed by atoms with E-state index < -0.39 is 5.41 Å². The first-order chi connectivity index (χ1) is 8.09. The molecule has 2 amide bonds. The summed E-state index contributed by atoms with van der Waals surface area (Å²) in [5, 5.41) is 9.18. The van der Waals surface area contributed by atoms with E-state index in [0.717, 1.165) is 38.8 Å².